The molecule has 0 aliphatic carbocycles. The Hall–Kier alpha value is -4.16. The Bertz CT molecular complexity index is 1400. The standard InChI is InChI=1S/C24H27N9O3/c1-16-20(11-19(13-25-16)27-22(34)15-32-5-3-8-36-9-7-32)28-24(35)23-30-29-21-10-17(4-6-33(21)23)18-12-26-31(2)14-18/h4,6,10-14H,3,5,7-9,15H2,1-2H3,(H,27,34)(H,28,35). The van der Waals surface area contributed by atoms with Crippen LogP contribution in [0.4, 0.5) is 11.4 Å². The molecule has 12 nitrogen and oxygen atoms in total. The molecule has 5 rings (SSSR count). The quantitative estimate of drug-likeness (QED) is 0.419. The van der Waals surface area contributed by atoms with Crippen LogP contribution in [-0.4, -0.2) is 78.9 Å². The SMILES string of the molecule is Cc1ncc(NC(=O)CN2CCCOCC2)cc1NC(=O)c1nnc2cc(-c3cnn(C)c3)ccn12. The van der Waals surface area contributed by atoms with Crippen molar-refractivity contribution < 1.29 is 14.3 Å². The number of hydrogen-bond donors (Lipinski definition) is 2. The Labute approximate surface area is 207 Å². The number of carbonyl (C=O) groups excluding carboxylic acids is 2. The number of rotatable bonds is 6. The van der Waals surface area contributed by atoms with E-state index in [-0.39, 0.29) is 18.3 Å². The van der Waals surface area contributed by atoms with Gasteiger partial charge in [-0.2, -0.15) is 5.10 Å². The smallest absolute Gasteiger partial charge is 0.294 e. The van der Waals surface area contributed by atoms with Gasteiger partial charge < -0.3 is 15.4 Å². The first-order chi connectivity index (χ1) is 17.5. The zero-order valence-corrected chi connectivity index (χ0v) is 20.1. The molecule has 0 unspecified atom stereocenters. The van der Waals surface area contributed by atoms with Gasteiger partial charge in [-0.05, 0) is 37.1 Å². The van der Waals surface area contributed by atoms with Crippen LogP contribution in [0.25, 0.3) is 16.8 Å². The van der Waals surface area contributed by atoms with Crippen molar-refractivity contribution in [1.82, 2.24) is 34.3 Å². The topological polar surface area (TPSA) is 132 Å². The summed E-state index contributed by atoms with van der Waals surface area (Å²) in [7, 11) is 1.85. The molecule has 2 N–H and O–H groups in total. The van der Waals surface area contributed by atoms with Gasteiger partial charge in [-0.3, -0.25) is 28.6 Å². The highest BCUT2D eigenvalue weighted by molar-refractivity contribution is 6.03. The van der Waals surface area contributed by atoms with Crippen molar-refractivity contribution in [2.24, 2.45) is 7.05 Å². The molecule has 1 fully saturated rings. The molecule has 0 spiro atoms. The van der Waals surface area contributed by atoms with Crippen LogP contribution >= 0.6 is 0 Å². The molecular weight excluding hydrogens is 462 g/mol. The fraction of sp³-hybridized carbons (Fsp3) is 0.333. The van der Waals surface area contributed by atoms with Crippen molar-refractivity contribution in [1.29, 1.82) is 0 Å². The van der Waals surface area contributed by atoms with Gasteiger partial charge in [0, 0.05) is 44.7 Å². The van der Waals surface area contributed by atoms with Gasteiger partial charge in [0.15, 0.2) is 5.65 Å². The fourth-order valence-electron chi connectivity index (χ4n) is 4.06. The number of anilines is 2. The van der Waals surface area contributed by atoms with E-state index in [9.17, 15) is 9.59 Å². The monoisotopic (exact) mass is 489 g/mol. The van der Waals surface area contributed by atoms with Crippen LogP contribution in [0.15, 0.2) is 43.0 Å². The second-order valence-corrected chi connectivity index (χ2v) is 8.67. The second-order valence-electron chi connectivity index (χ2n) is 8.67. The third-order valence-corrected chi connectivity index (χ3v) is 5.95. The molecule has 186 valence electrons. The number of aromatic nitrogens is 6. The molecule has 12 heteroatoms. The van der Waals surface area contributed by atoms with E-state index >= 15 is 0 Å². The van der Waals surface area contributed by atoms with Crippen molar-refractivity contribution in [3.8, 4) is 11.1 Å². The van der Waals surface area contributed by atoms with Crippen molar-refractivity contribution >= 4 is 28.8 Å². The molecule has 36 heavy (non-hydrogen) atoms. The Morgan fingerprint density at radius 3 is 2.81 bits per heavy atom. The van der Waals surface area contributed by atoms with E-state index in [1.165, 1.54) is 0 Å². The molecule has 0 aromatic carbocycles. The number of nitrogens with one attached hydrogen (secondary N) is 2. The van der Waals surface area contributed by atoms with Gasteiger partial charge in [0.05, 0.1) is 42.6 Å². The van der Waals surface area contributed by atoms with Crippen molar-refractivity contribution in [3.63, 3.8) is 0 Å². The molecule has 0 atom stereocenters. The highest BCUT2D eigenvalue weighted by Crippen LogP contribution is 2.21. The summed E-state index contributed by atoms with van der Waals surface area (Å²) in [5, 5.41) is 18.1. The zero-order valence-electron chi connectivity index (χ0n) is 20.1. The Morgan fingerprint density at radius 1 is 1.08 bits per heavy atom. The molecule has 0 saturated carbocycles. The second kappa shape index (κ2) is 10.2. The Morgan fingerprint density at radius 2 is 1.97 bits per heavy atom. The van der Waals surface area contributed by atoms with Crippen LogP contribution in [0.1, 0.15) is 22.7 Å². The van der Waals surface area contributed by atoms with Crippen LogP contribution in [0.5, 0.6) is 0 Å². The van der Waals surface area contributed by atoms with Gasteiger partial charge >= 0.3 is 0 Å². The van der Waals surface area contributed by atoms with Gasteiger partial charge in [-0.15, -0.1) is 10.2 Å². The summed E-state index contributed by atoms with van der Waals surface area (Å²) < 4.78 is 8.78. The zero-order chi connectivity index (χ0) is 25.1. The van der Waals surface area contributed by atoms with Crippen LogP contribution in [-0.2, 0) is 16.6 Å². The van der Waals surface area contributed by atoms with Gasteiger partial charge in [0.25, 0.3) is 5.91 Å². The molecule has 5 heterocycles. The average molecular weight is 490 g/mol. The minimum absolute atomic E-state index is 0.139. The van der Waals surface area contributed by atoms with Crippen molar-refractivity contribution in [2.45, 2.75) is 13.3 Å². The van der Waals surface area contributed by atoms with Crippen LogP contribution in [0, 0.1) is 6.92 Å². The van der Waals surface area contributed by atoms with Gasteiger partial charge in [-0.1, -0.05) is 0 Å². The lowest BCUT2D eigenvalue weighted by atomic mass is 10.1. The number of hydrogen-bond acceptors (Lipinski definition) is 8. The molecule has 2 amide bonds. The summed E-state index contributed by atoms with van der Waals surface area (Å²) in [4.78, 5) is 32.0. The summed E-state index contributed by atoms with van der Waals surface area (Å²) in [6.45, 7) is 4.92. The average Bonchev–Trinajstić information content (AvgIpc) is 3.40. The lowest BCUT2D eigenvalue weighted by molar-refractivity contribution is -0.117. The molecule has 1 aliphatic rings. The van der Waals surface area contributed by atoms with E-state index in [0.29, 0.717) is 29.3 Å². The third kappa shape index (κ3) is 5.24. The van der Waals surface area contributed by atoms with Gasteiger partial charge in [0.2, 0.25) is 11.7 Å². The third-order valence-electron chi connectivity index (χ3n) is 5.95. The maximum Gasteiger partial charge on any atom is 0.294 e. The normalized spacial score (nSPS) is 14.5. The van der Waals surface area contributed by atoms with E-state index in [1.807, 2.05) is 25.4 Å². The molecule has 0 radical (unpaired) electrons. The van der Waals surface area contributed by atoms with Gasteiger partial charge in [0.1, 0.15) is 0 Å². The Balaban J connectivity index is 1.28. The summed E-state index contributed by atoms with van der Waals surface area (Å²) in [6.07, 6.45) is 7.89. The molecule has 1 aliphatic heterocycles. The lowest BCUT2D eigenvalue weighted by Gasteiger charge is -2.18. The molecule has 4 aromatic rings. The van der Waals surface area contributed by atoms with E-state index in [1.54, 1.807) is 40.7 Å². The first-order valence-corrected chi connectivity index (χ1v) is 11.7. The molecule has 1 saturated heterocycles. The molecule has 0 bridgehead atoms. The summed E-state index contributed by atoms with van der Waals surface area (Å²) in [5.41, 5.74) is 3.99. The number of nitrogens with zero attached hydrogens (tertiary/aromatic N) is 7. The first kappa shape index (κ1) is 23.6. The van der Waals surface area contributed by atoms with Gasteiger partial charge in [-0.25, -0.2) is 0 Å². The fourth-order valence-corrected chi connectivity index (χ4v) is 4.06. The van der Waals surface area contributed by atoms with Crippen molar-refractivity contribution in [2.75, 3.05) is 43.5 Å². The minimum atomic E-state index is -0.436. The number of pyridine rings is 2. The highest BCUT2D eigenvalue weighted by atomic mass is 16.5. The summed E-state index contributed by atoms with van der Waals surface area (Å²) in [5.74, 6) is -0.442. The number of ether oxygens (including phenoxy) is 1. The summed E-state index contributed by atoms with van der Waals surface area (Å²) in [6, 6.07) is 5.41. The van der Waals surface area contributed by atoms with Crippen molar-refractivity contribution in [3.05, 3.63) is 54.5 Å². The highest BCUT2D eigenvalue weighted by Gasteiger charge is 2.18. The van der Waals surface area contributed by atoms with E-state index in [0.717, 1.165) is 37.2 Å². The van der Waals surface area contributed by atoms with Crippen LogP contribution in [0.2, 0.25) is 0 Å². The maximum absolute atomic E-state index is 13.0. The predicted molar refractivity (Wildman–Crippen MR) is 133 cm³/mol. The Kier molecular flexibility index (Phi) is 6.69. The molecule has 4 aromatic heterocycles. The van der Waals surface area contributed by atoms with E-state index < -0.39 is 5.91 Å². The first-order valence-electron chi connectivity index (χ1n) is 11.7. The minimum Gasteiger partial charge on any atom is -0.380 e. The van der Waals surface area contributed by atoms with Crippen LogP contribution < -0.4 is 10.6 Å². The summed E-state index contributed by atoms with van der Waals surface area (Å²) >= 11 is 0. The lowest BCUT2D eigenvalue weighted by Crippen LogP contribution is -2.35. The van der Waals surface area contributed by atoms with Crippen LogP contribution in [0.3, 0.4) is 0 Å². The largest absolute Gasteiger partial charge is 0.380 e. The maximum atomic E-state index is 13.0. The number of aryl methyl sites for hydroxylation is 2. The van der Waals surface area contributed by atoms with E-state index in [2.05, 4.69) is 35.8 Å². The number of amides is 2. The van der Waals surface area contributed by atoms with E-state index in [4.69, 9.17) is 4.74 Å². The number of fused-ring (bicyclic) bond motifs is 1. The predicted octanol–water partition coefficient (Wildman–Crippen LogP) is 1.75. The molecular formula is C24H27N9O3. The number of carbonyl (C=O) groups is 2.